The number of hydrogen-bond donors (Lipinski definition) is 1. The third-order valence-electron chi connectivity index (χ3n) is 1.94. The van der Waals surface area contributed by atoms with Crippen molar-refractivity contribution in [1.82, 2.24) is 15.1 Å². The van der Waals surface area contributed by atoms with E-state index in [-0.39, 0.29) is 17.2 Å². The van der Waals surface area contributed by atoms with Gasteiger partial charge in [0.25, 0.3) is 11.5 Å². The summed E-state index contributed by atoms with van der Waals surface area (Å²) in [5.74, 6) is -0.301. The van der Waals surface area contributed by atoms with Crippen molar-refractivity contribution in [3.05, 3.63) is 40.8 Å². The molecule has 0 bridgehead atoms. The Morgan fingerprint density at radius 3 is 3.00 bits per heavy atom. The van der Waals surface area contributed by atoms with Crippen molar-refractivity contribution in [3.63, 3.8) is 0 Å². The number of amides is 1. The summed E-state index contributed by atoms with van der Waals surface area (Å²) in [6.45, 7) is 6.34. The van der Waals surface area contributed by atoms with Crippen LogP contribution in [0.4, 0.5) is 0 Å². The fourth-order valence-electron chi connectivity index (χ4n) is 1.20. The monoisotopic (exact) mass is 221 g/mol. The van der Waals surface area contributed by atoms with Crippen molar-refractivity contribution in [2.24, 2.45) is 0 Å². The third kappa shape index (κ3) is 3.05. The summed E-state index contributed by atoms with van der Waals surface area (Å²) in [5.41, 5.74) is 0.0528. The van der Waals surface area contributed by atoms with E-state index in [2.05, 4.69) is 17.0 Å². The molecule has 86 valence electrons. The molecule has 0 aromatic carbocycles. The van der Waals surface area contributed by atoms with Gasteiger partial charge in [0.1, 0.15) is 5.69 Å². The average molecular weight is 221 g/mol. The van der Waals surface area contributed by atoms with E-state index in [0.29, 0.717) is 13.1 Å². The molecule has 0 fully saturated rings. The van der Waals surface area contributed by atoms with Crippen LogP contribution in [-0.2, 0) is 6.54 Å². The molecule has 1 amide bonds. The van der Waals surface area contributed by atoms with Crippen molar-refractivity contribution >= 4 is 5.91 Å². The minimum atomic E-state index is -0.301. The van der Waals surface area contributed by atoms with Crippen molar-refractivity contribution in [1.29, 1.82) is 0 Å². The van der Waals surface area contributed by atoms with Crippen LogP contribution in [0.25, 0.3) is 0 Å². The first-order valence-corrected chi connectivity index (χ1v) is 5.16. The minimum Gasteiger partial charge on any atom is -0.347 e. The van der Waals surface area contributed by atoms with Gasteiger partial charge in [-0.2, -0.15) is 5.10 Å². The molecule has 5 heteroatoms. The number of aryl methyl sites for hydroxylation is 1. The van der Waals surface area contributed by atoms with Crippen molar-refractivity contribution in [3.8, 4) is 0 Å². The van der Waals surface area contributed by atoms with Gasteiger partial charge in [-0.3, -0.25) is 9.59 Å². The van der Waals surface area contributed by atoms with Gasteiger partial charge in [-0.25, -0.2) is 4.68 Å². The number of nitrogens with one attached hydrogen (secondary N) is 1. The molecule has 1 aromatic rings. The molecule has 0 spiro atoms. The Balaban J connectivity index is 2.89. The molecule has 0 aliphatic rings. The minimum absolute atomic E-state index is 0.192. The summed E-state index contributed by atoms with van der Waals surface area (Å²) in [6.07, 6.45) is 2.38. The average Bonchev–Trinajstić information content (AvgIpc) is 2.29. The second-order valence-electron chi connectivity index (χ2n) is 3.28. The van der Waals surface area contributed by atoms with Gasteiger partial charge in [-0.15, -0.1) is 6.58 Å². The predicted molar refractivity (Wildman–Crippen MR) is 61.3 cm³/mol. The van der Waals surface area contributed by atoms with Gasteiger partial charge in [0.05, 0.1) is 0 Å². The molecule has 0 radical (unpaired) electrons. The summed E-state index contributed by atoms with van der Waals surface area (Å²) >= 11 is 0. The maximum Gasteiger partial charge on any atom is 0.271 e. The van der Waals surface area contributed by atoms with Gasteiger partial charge in [-0.1, -0.05) is 13.0 Å². The van der Waals surface area contributed by atoms with E-state index in [1.807, 2.05) is 6.92 Å². The van der Waals surface area contributed by atoms with Crippen LogP contribution in [-0.4, -0.2) is 22.2 Å². The highest BCUT2D eigenvalue weighted by molar-refractivity contribution is 5.92. The maximum absolute atomic E-state index is 11.5. The van der Waals surface area contributed by atoms with Crippen molar-refractivity contribution in [2.75, 3.05) is 6.54 Å². The number of carbonyl (C=O) groups is 1. The normalized spacial score (nSPS) is 9.81. The van der Waals surface area contributed by atoms with Crippen LogP contribution in [0, 0.1) is 0 Å². The summed E-state index contributed by atoms with van der Waals surface area (Å²) in [4.78, 5) is 22.9. The van der Waals surface area contributed by atoms with Crippen LogP contribution in [0.1, 0.15) is 23.8 Å². The number of aromatic nitrogens is 2. The second kappa shape index (κ2) is 5.85. The van der Waals surface area contributed by atoms with E-state index >= 15 is 0 Å². The molecule has 0 unspecified atom stereocenters. The fourth-order valence-corrected chi connectivity index (χ4v) is 1.20. The van der Waals surface area contributed by atoms with Gasteiger partial charge in [0, 0.05) is 19.2 Å². The van der Waals surface area contributed by atoms with Crippen LogP contribution >= 0.6 is 0 Å². The molecule has 1 aromatic heterocycles. The lowest BCUT2D eigenvalue weighted by atomic mass is 10.3. The molecule has 0 atom stereocenters. The summed E-state index contributed by atoms with van der Waals surface area (Å²) in [5, 5.41) is 6.58. The molecule has 16 heavy (non-hydrogen) atoms. The highest BCUT2D eigenvalue weighted by atomic mass is 16.2. The Hall–Kier alpha value is -1.91. The molecular formula is C11H15N3O2. The molecule has 1 N–H and O–H groups in total. The zero-order valence-corrected chi connectivity index (χ0v) is 9.27. The first kappa shape index (κ1) is 12.2. The van der Waals surface area contributed by atoms with E-state index < -0.39 is 0 Å². The zero-order chi connectivity index (χ0) is 12.0. The third-order valence-corrected chi connectivity index (χ3v) is 1.94. The molecule has 0 saturated carbocycles. The number of carbonyl (C=O) groups excluding carboxylic acids is 1. The highest BCUT2D eigenvalue weighted by Gasteiger charge is 2.07. The van der Waals surface area contributed by atoms with Gasteiger partial charge in [-0.05, 0) is 12.5 Å². The Labute approximate surface area is 93.8 Å². The first-order chi connectivity index (χ1) is 7.69. The molecule has 0 aliphatic carbocycles. The lowest BCUT2D eigenvalue weighted by Gasteiger charge is -2.05. The predicted octanol–water partition coefficient (Wildman–Crippen LogP) is 0.569. The lowest BCUT2D eigenvalue weighted by molar-refractivity contribution is 0.0950. The van der Waals surface area contributed by atoms with Crippen LogP contribution in [0.15, 0.2) is 29.6 Å². The lowest BCUT2D eigenvalue weighted by Crippen LogP contribution is -2.29. The number of rotatable bonds is 5. The Bertz CT molecular complexity index is 437. The molecular weight excluding hydrogens is 206 g/mol. The van der Waals surface area contributed by atoms with E-state index in [1.165, 1.54) is 16.8 Å². The fraction of sp³-hybridized carbons (Fsp3) is 0.364. The molecule has 0 saturated heterocycles. The second-order valence-corrected chi connectivity index (χ2v) is 3.28. The van der Waals surface area contributed by atoms with Crippen molar-refractivity contribution in [2.45, 2.75) is 19.9 Å². The van der Waals surface area contributed by atoms with Gasteiger partial charge in [0.15, 0.2) is 0 Å². The van der Waals surface area contributed by atoms with Gasteiger partial charge < -0.3 is 5.32 Å². The zero-order valence-electron chi connectivity index (χ0n) is 9.27. The quantitative estimate of drug-likeness (QED) is 0.739. The largest absolute Gasteiger partial charge is 0.347 e. The van der Waals surface area contributed by atoms with Crippen LogP contribution in [0.5, 0.6) is 0 Å². The SMILES string of the molecule is C=CCNC(=O)c1ccc(=O)n(CCC)n1. The topological polar surface area (TPSA) is 64.0 Å². The van der Waals surface area contributed by atoms with Crippen molar-refractivity contribution < 1.29 is 4.79 Å². The van der Waals surface area contributed by atoms with Crippen LogP contribution in [0.3, 0.4) is 0 Å². The Kier molecular flexibility index (Phi) is 4.44. The van der Waals surface area contributed by atoms with Gasteiger partial charge in [0.2, 0.25) is 0 Å². The van der Waals surface area contributed by atoms with Crippen LogP contribution in [0.2, 0.25) is 0 Å². The summed E-state index contributed by atoms with van der Waals surface area (Å²) in [7, 11) is 0. The molecule has 5 nitrogen and oxygen atoms in total. The molecule has 0 aliphatic heterocycles. The standard InChI is InChI=1S/C11H15N3O2/c1-3-7-12-11(16)9-5-6-10(15)14(13-9)8-4-2/h3,5-6H,1,4,7-8H2,2H3,(H,12,16). The van der Waals surface area contributed by atoms with E-state index in [0.717, 1.165) is 6.42 Å². The number of hydrogen-bond acceptors (Lipinski definition) is 3. The molecule has 1 heterocycles. The Morgan fingerprint density at radius 1 is 1.62 bits per heavy atom. The molecule has 1 rings (SSSR count). The van der Waals surface area contributed by atoms with Gasteiger partial charge >= 0.3 is 0 Å². The van der Waals surface area contributed by atoms with E-state index in [9.17, 15) is 9.59 Å². The number of nitrogens with zero attached hydrogens (tertiary/aromatic N) is 2. The Morgan fingerprint density at radius 2 is 2.38 bits per heavy atom. The summed E-state index contributed by atoms with van der Waals surface area (Å²) in [6, 6.07) is 2.78. The maximum atomic E-state index is 11.5. The van der Waals surface area contributed by atoms with E-state index in [4.69, 9.17) is 0 Å². The smallest absolute Gasteiger partial charge is 0.271 e. The van der Waals surface area contributed by atoms with Crippen LogP contribution < -0.4 is 10.9 Å². The summed E-state index contributed by atoms with van der Waals surface area (Å²) < 4.78 is 1.29. The first-order valence-electron chi connectivity index (χ1n) is 5.16. The highest BCUT2D eigenvalue weighted by Crippen LogP contribution is 1.91. The van der Waals surface area contributed by atoms with E-state index in [1.54, 1.807) is 6.08 Å².